The van der Waals surface area contributed by atoms with E-state index >= 15 is 0 Å². The number of carbonyl (C=O) groups is 2. The van der Waals surface area contributed by atoms with Crippen LogP contribution in [0, 0.1) is 0 Å². The standard InChI is InChI=1S/C15H18N2O3/c18-10-11-4-3-7-16(11)8-9-17-14(19)12-5-1-2-6-13(12)15(17)20/h1-2,5-6,11,18H,3-4,7-10H2. The molecule has 0 bridgehead atoms. The average molecular weight is 274 g/mol. The summed E-state index contributed by atoms with van der Waals surface area (Å²) in [6.45, 7) is 2.09. The lowest BCUT2D eigenvalue weighted by atomic mass is 10.1. The largest absolute Gasteiger partial charge is 0.395 e. The Morgan fingerprint density at radius 1 is 1.10 bits per heavy atom. The summed E-state index contributed by atoms with van der Waals surface area (Å²) in [5, 5.41) is 9.29. The van der Waals surface area contributed by atoms with Gasteiger partial charge in [-0.25, -0.2) is 0 Å². The summed E-state index contributed by atoms with van der Waals surface area (Å²) >= 11 is 0. The number of likely N-dealkylation sites (tertiary alicyclic amines) is 1. The van der Waals surface area contributed by atoms with Crippen molar-refractivity contribution in [3.8, 4) is 0 Å². The second-order valence-electron chi connectivity index (χ2n) is 5.32. The van der Waals surface area contributed by atoms with E-state index in [2.05, 4.69) is 4.90 Å². The van der Waals surface area contributed by atoms with E-state index in [4.69, 9.17) is 0 Å². The summed E-state index contributed by atoms with van der Waals surface area (Å²) in [4.78, 5) is 27.9. The van der Waals surface area contributed by atoms with E-state index < -0.39 is 0 Å². The number of aliphatic hydroxyl groups excluding tert-OH is 1. The van der Waals surface area contributed by atoms with E-state index in [-0.39, 0.29) is 24.5 Å². The van der Waals surface area contributed by atoms with Crippen molar-refractivity contribution in [3.05, 3.63) is 35.4 Å². The molecule has 1 aromatic rings. The highest BCUT2D eigenvalue weighted by Crippen LogP contribution is 2.23. The highest BCUT2D eigenvalue weighted by molar-refractivity contribution is 6.21. The second kappa shape index (κ2) is 5.34. The maximum atomic E-state index is 12.2. The van der Waals surface area contributed by atoms with E-state index in [9.17, 15) is 14.7 Å². The molecule has 1 aromatic carbocycles. The minimum Gasteiger partial charge on any atom is -0.395 e. The molecule has 1 N–H and O–H groups in total. The van der Waals surface area contributed by atoms with Gasteiger partial charge in [0.05, 0.1) is 17.7 Å². The first-order chi connectivity index (χ1) is 9.72. The molecule has 2 aliphatic heterocycles. The van der Waals surface area contributed by atoms with Crippen LogP contribution >= 0.6 is 0 Å². The van der Waals surface area contributed by atoms with Crippen molar-refractivity contribution in [2.24, 2.45) is 0 Å². The van der Waals surface area contributed by atoms with Gasteiger partial charge in [0.1, 0.15) is 0 Å². The van der Waals surface area contributed by atoms with Crippen LogP contribution in [0.25, 0.3) is 0 Å². The molecule has 1 atom stereocenters. The van der Waals surface area contributed by atoms with Gasteiger partial charge in [0, 0.05) is 19.1 Å². The molecule has 0 aromatic heterocycles. The molecule has 1 fully saturated rings. The SMILES string of the molecule is O=C1c2ccccc2C(=O)N1CCN1CCCC1CO. The van der Waals surface area contributed by atoms with Crippen LogP contribution in [0.4, 0.5) is 0 Å². The van der Waals surface area contributed by atoms with Crippen molar-refractivity contribution in [1.29, 1.82) is 0 Å². The van der Waals surface area contributed by atoms with Gasteiger partial charge in [-0.05, 0) is 31.5 Å². The molecule has 20 heavy (non-hydrogen) atoms. The van der Waals surface area contributed by atoms with Crippen molar-refractivity contribution in [1.82, 2.24) is 9.80 Å². The highest BCUT2D eigenvalue weighted by Gasteiger charge is 2.35. The van der Waals surface area contributed by atoms with E-state index in [1.807, 2.05) is 0 Å². The topological polar surface area (TPSA) is 60.9 Å². The number of hydrogen-bond acceptors (Lipinski definition) is 4. The first-order valence-electron chi connectivity index (χ1n) is 7.02. The number of aliphatic hydroxyl groups is 1. The third-order valence-corrected chi connectivity index (χ3v) is 4.20. The number of imide groups is 1. The minimum absolute atomic E-state index is 0.141. The Morgan fingerprint density at radius 3 is 2.35 bits per heavy atom. The maximum Gasteiger partial charge on any atom is 0.261 e. The van der Waals surface area contributed by atoms with Crippen LogP contribution < -0.4 is 0 Å². The Labute approximate surface area is 117 Å². The monoisotopic (exact) mass is 274 g/mol. The second-order valence-corrected chi connectivity index (χ2v) is 5.32. The lowest BCUT2D eigenvalue weighted by Gasteiger charge is -2.24. The predicted octanol–water partition coefficient (Wildman–Crippen LogP) is 0.739. The minimum atomic E-state index is -0.203. The Kier molecular flexibility index (Phi) is 3.54. The molecule has 0 radical (unpaired) electrons. The summed E-state index contributed by atoms with van der Waals surface area (Å²) in [6, 6.07) is 7.11. The fourth-order valence-corrected chi connectivity index (χ4v) is 3.07. The van der Waals surface area contributed by atoms with Crippen LogP contribution in [0.3, 0.4) is 0 Å². The fraction of sp³-hybridized carbons (Fsp3) is 0.467. The normalized spacial score (nSPS) is 22.6. The summed E-state index contributed by atoms with van der Waals surface area (Å²) in [6.07, 6.45) is 2.05. The predicted molar refractivity (Wildman–Crippen MR) is 73.5 cm³/mol. The van der Waals surface area contributed by atoms with E-state index in [0.29, 0.717) is 24.2 Å². The number of fused-ring (bicyclic) bond motifs is 1. The Hall–Kier alpha value is -1.72. The van der Waals surface area contributed by atoms with Crippen molar-refractivity contribution >= 4 is 11.8 Å². The Balaban J connectivity index is 1.68. The van der Waals surface area contributed by atoms with Crippen molar-refractivity contribution in [2.45, 2.75) is 18.9 Å². The zero-order chi connectivity index (χ0) is 14.1. The zero-order valence-electron chi connectivity index (χ0n) is 11.3. The third kappa shape index (κ3) is 2.13. The smallest absolute Gasteiger partial charge is 0.261 e. The third-order valence-electron chi connectivity index (χ3n) is 4.20. The molecule has 5 heteroatoms. The van der Waals surface area contributed by atoms with Crippen LogP contribution in [-0.4, -0.2) is 59.0 Å². The summed E-state index contributed by atoms with van der Waals surface area (Å²) in [5.74, 6) is -0.407. The van der Waals surface area contributed by atoms with Gasteiger partial charge in [-0.1, -0.05) is 12.1 Å². The van der Waals surface area contributed by atoms with Crippen molar-refractivity contribution < 1.29 is 14.7 Å². The number of benzene rings is 1. The van der Waals surface area contributed by atoms with Crippen LogP contribution in [0.2, 0.25) is 0 Å². The molecular weight excluding hydrogens is 256 g/mol. The zero-order valence-corrected chi connectivity index (χ0v) is 11.3. The van der Waals surface area contributed by atoms with Crippen molar-refractivity contribution in [2.75, 3.05) is 26.2 Å². The number of amides is 2. The molecule has 106 valence electrons. The molecule has 2 heterocycles. The molecule has 2 aliphatic rings. The molecule has 1 unspecified atom stereocenters. The molecule has 5 nitrogen and oxygen atoms in total. The molecule has 0 saturated carbocycles. The van der Waals surface area contributed by atoms with Gasteiger partial charge in [0.15, 0.2) is 0 Å². The highest BCUT2D eigenvalue weighted by atomic mass is 16.3. The molecule has 1 saturated heterocycles. The molecule has 0 aliphatic carbocycles. The Bertz CT molecular complexity index is 509. The maximum absolute atomic E-state index is 12.2. The van der Waals surface area contributed by atoms with E-state index in [1.54, 1.807) is 24.3 Å². The first kappa shape index (κ1) is 13.3. The van der Waals surface area contributed by atoms with Crippen LogP contribution in [0.5, 0.6) is 0 Å². The lowest BCUT2D eigenvalue weighted by molar-refractivity contribution is 0.0624. The number of carbonyl (C=O) groups excluding carboxylic acids is 2. The number of rotatable bonds is 4. The summed E-state index contributed by atoms with van der Waals surface area (Å²) in [5.41, 5.74) is 0.996. The first-order valence-corrected chi connectivity index (χ1v) is 7.02. The van der Waals surface area contributed by atoms with Gasteiger partial charge in [-0.15, -0.1) is 0 Å². The lowest BCUT2D eigenvalue weighted by Crippen LogP contribution is -2.41. The average Bonchev–Trinajstić information content (AvgIpc) is 3.02. The van der Waals surface area contributed by atoms with Gasteiger partial charge in [-0.3, -0.25) is 19.4 Å². The molecule has 2 amide bonds. The quantitative estimate of drug-likeness (QED) is 0.823. The molecular formula is C15H18N2O3. The van der Waals surface area contributed by atoms with Gasteiger partial charge < -0.3 is 5.11 Å². The summed E-state index contributed by atoms with van der Waals surface area (Å²) < 4.78 is 0. The van der Waals surface area contributed by atoms with Gasteiger partial charge in [-0.2, -0.15) is 0 Å². The fourth-order valence-electron chi connectivity index (χ4n) is 3.07. The summed E-state index contributed by atoms with van der Waals surface area (Å²) in [7, 11) is 0. The number of hydrogen-bond donors (Lipinski definition) is 1. The Morgan fingerprint density at radius 2 is 1.75 bits per heavy atom. The number of nitrogens with zero attached hydrogens (tertiary/aromatic N) is 2. The van der Waals surface area contributed by atoms with E-state index in [0.717, 1.165) is 19.4 Å². The van der Waals surface area contributed by atoms with Crippen LogP contribution in [0.15, 0.2) is 24.3 Å². The van der Waals surface area contributed by atoms with Gasteiger partial charge in [0.25, 0.3) is 11.8 Å². The van der Waals surface area contributed by atoms with Crippen LogP contribution in [-0.2, 0) is 0 Å². The van der Waals surface area contributed by atoms with Crippen molar-refractivity contribution in [3.63, 3.8) is 0 Å². The van der Waals surface area contributed by atoms with Gasteiger partial charge in [0.2, 0.25) is 0 Å². The molecule has 3 rings (SSSR count). The molecule has 0 spiro atoms. The van der Waals surface area contributed by atoms with Gasteiger partial charge >= 0.3 is 0 Å². The van der Waals surface area contributed by atoms with E-state index in [1.165, 1.54) is 4.90 Å². The van der Waals surface area contributed by atoms with Crippen LogP contribution in [0.1, 0.15) is 33.6 Å².